The zero-order valence-electron chi connectivity index (χ0n) is 12.1. The Labute approximate surface area is 121 Å². The maximum absolute atomic E-state index is 11.5. The molecule has 1 aromatic rings. The van der Waals surface area contributed by atoms with Gasteiger partial charge in [0.1, 0.15) is 0 Å². The van der Waals surface area contributed by atoms with Crippen molar-refractivity contribution in [2.75, 3.05) is 11.9 Å². The van der Waals surface area contributed by atoms with Crippen LogP contribution in [0.3, 0.4) is 0 Å². The second-order valence-corrected chi connectivity index (χ2v) is 7.27. The average molecular weight is 296 g/mol. The Bertz CT molecular complexity index is 549. The molecule has 0 amide bonds. The molecule has 0 heterocycles. The van der Waals surface area contributed by atoms with Crippen molar-refractivity contribution in [3.63, 3.8) is 0 Å². The predicted octanol–water partition coefficient (Wildman–Crippen LogP) is 3.02. The molecule has 5 heteroatoms. The zero-order valence-corrected chi connectivity index (χ0v) is 12.9. The van der Waals surface area contributed by atoms with Crippen LogP contribution in [-0.4, -0.2) is 15.0 Å². The van der Waals surface area contributed by atoms with Crippen LogP contribution in [-0.2, 0) is 10.0 Å². The summed E-state index contributed by atoms with van der Waals surface area (Å²) in [5.41, 5.74) is 1.51. The fraction of sp³-hybridized carbons (Fsp3) is 0.600. The van der Waals surface area contributed by atoms with Crippen LogP contribution >= 0.6 is 0 Å². The van der Waals surface area contributed by atoms with Crippen molar-refractivity contribution in [1.82, 2.24) is 0 Å². The highest BCUT2D eigenvalue weighted by Gasteiger charge is 2.14. The summed E-state index contributed by atoms with van der Waals surface area (Å²) in [7, 11) is -3.64. The number of anilines is 1. The largest absolute Gasteiger partial charge is 0.385 e. The lowest BCUT2D eigenvalue weighted by Crippen LogP contribution is -2.15. The topological polar surface area (TPSA) is 72.2 Å². The summed E-state index contributed by atoms with van der Waals surface area (Å²) < 4.78 is 23.0. The van der Waals surface area contributed by atoms with Crippen LogP contribution in [0.25, 0.3) is 0 Å². The minimum Gasteiger partial charge on any atom is -0.385 e. The van der Waals surface area contributed by atoms with E-state index in [-0.39, 0.29) is 4.90 Å². The van der Waals surface area contributed by atoms with Crippen LogP contribution in [0.1, 0.15) is 44.1 Å². The highest BCUT2D eigenvalue weighted by molar-refractivity contribution is 7.89. The lowest BCUT2D eigenvalue weighted by atomic mass is 9.87. The van der Waals surface area contributed by atoms with Crippen molar-refractivity contribution in [2.24, 2.45) is 11.1 Å². The van der Waals surface area contributed by atoms with E-state index < -0.39 is 10.0 Å². The number of hydrogen-bond donors (Lipinski definition) is 2. The van der Waals surface area contributed by atoms with E-state index in [9.17, 15) is 8.42 Å². The van der Waals surface area contributed by atoms with Gasteiger partial charge in [-0.3, -0.25) is 0 Å². The van der Waals surface area contributed by atoms with Crippen molar-refractivity contribution >= 4 is 15.7 Å². The highest BCUT2D eigenvalue weighted by Crippen LogP contribution is 2.26. The van der Waals surface area contributed by atoms with Gasteiger partial charge >= 0.3 is 0 Å². The van der Waals surface area contributed by atoms with Gasteiger partial charge in [-0.15, -0.1) is 0 Å². The molecule has 0 saturated heterocycles. The highest BCUT2D eigenvalue weighted by atomic mass is 32.2. The summed E-state index contributed by atoms with van der Waals surface area (Å²) in [5.74, 6) is 0.819. The number of nitrogens with two attached hydrogens (primary N) is 1. The van der Waals surface area contributed by atoms with Gasteiger partial charge in [0.05, 0.1) is 4.90 Å². The summed E-state index contributed by atoms with van der Waals surface area (Å²) >= 11 is 0. The number of rotatable bonds is 5. The number of benzene rings is 1. The van der Waals surface area contributed by atoms with E-state index in [1.165, 1.54) is 32.1 Å². The Morgan fingerprint density at radius 3 is 2.60 bits per heavy atom. The lowest BCUT2D eigenvalue weighted by Gasteiger charge is -2.21. The van der Waals surface area contributed by atoms with Crippen LogP contribution < -0.4 is 10.5 Å². The minimum absolute atomic E-state index is 0.208. The van der Waals surface area contributed by atoms with E-state index in [4.69, 9.17) is 5.14 Å². The molecule has 1 saturated carbocycles. The van der Waals surface area contributed by atoms with Crippen molar-refractivity contribution in [3.8, 4) is 0 Å². The predicted molar refractivity (Wildman–Crippen MR) is 82.2 cm³/mol. The van der Waals surface area contributed by atoms with Crippen LogP contribution in [0.2, 0.25) is 0 Å². The number of sulfonamides is 1. The lowest BCUT2D eigenvalue weighted by molar-refractivity contribution is 0.345. The molecular formula is C15H24N2O2S. The molecule has 1 aliphatic carbocycles. The molecule has 0 bridgehead atoms. The second-order valence-electron chi connectivity index (χ2n) is 5.74. The third-order valence-electron chi connectivity index (χ3n) is 4.10. The molecule has 0 aliphatic heterocycles. The maximum Gasteiger partial charge on any atom is 0.238 e. The van der Waals surface area contributed by atoms with Gasteiger partial charge in [-0.25, -0.2) is 13.6 Å². The van der Waals surface area contributed by atoms with Crippen LogP contribution in [0.4, 0.5) is 5.69 Å². The Hall–Kier alpha value is -1.07. The molecule has 20 heavy (non-hydrogen) atoms. The second kappa shape index (κ2) is 6.59. The first kappa shape index (κ1) is 15.3. The van der Waals surface area contributed by atoms with E-state index >= 15 is 0 Å². The third kappa shape index (κ3) is 4.21. The van der Waals surface area contributed by atoms with E-state index in [1.54, 1.807) is 19.1 Å². The normalized spacial score (nSPS) is 17.1. The molecular weight excluding hydrogens is 272 g/mol. The fourth-order valence-corrected chi connectivity index (χ4v) is 3.72. The van der Waals surface area contributed by atoms with Crippen molar-refractivity contribution < 1.29 is 8.42 Å². The first-order chi connectivity index (χ1) is 9.47. The average Bonchev–Trinajstić information content (AvgIpc) is 2.40. The first-order valence-electron chi connectivity index (χ1n) is 7.34. The maximum atomic E-state index is 11.5. The molecule has 112 valence electrons. The molecule has 1 aliphatic rings. The number of aryl methyl sites for hydroxylation is 1. The van der Waals surface area contributed by atoms with Crippen LogP contribution in [0.5, 0.6) is 0 Å². The summed E-state index contributed by atoms with van der Waals surface area (Å²) in [5, 5.41) is 8.53. The molecule has 0 aromatic heterocycles. The van der Waals surface area contributed by atoms with Gasteiger partial charge in [0.2, 0.25) is 10.0 Å². The zero-order chi connectivity index (χ0) is 14.6. The Morgan fingerprint density at radius 1 is 1.25 bits per heavy atom. The summed E-state index contributed by atoms with van der Waals surface area (Å²) in [6.45, 7) is 2.64. The van der Waals surface area contributed by atoms with E-state index in [0.29, 0.717) is 5.56 Å². The summed E-state index contributed by atoms with van der Waals surface area (Å²) in [4.78, 5) is 0.208. The van der Waals surface area contributed by atoms with Crippen molar-refractivity contribution in [1.29, 1.82) is 0 Å². The van der Waals surface area contributed by atoms with Gasteiger partial charge in [-0.05, 0) is 37.0 Å². The molecule has 1 aromatic carbocycles. The molecule has 0 atom stereocenters. The molecule has 0 radical (unpaired) electrons. The Kier molecular flexibility index (Phi) is 5.05. The van der Waals surface area contributed by atoms with Gasteiger partial charge in [0.25, 0.3) is 0 Å². The number of hydrogen-bond acceptors (Lipinski definition) is 3. The van der Waals surface area contributed by atoms with E-state index in [0.717, 1.165) is 24.6 Å². The molecule has 3 N–H and O–H groups in total. The number of nitrogens with one attached hydrogen (secondary N) is 1. The molecule has 0 spiro atoms. The SMILES string of the molecule is Cc1ccc(NCCC2CCCCC2)cc1S(N)(=O)=O. The van der Waals surface area contributed by atoms with Gasteiger partial charge in [-0.1, -0.05) is 38.2 Å². The smallest absolute Gasteiger partial charge is 0.238 e. The molecule has 1 fully saturated rings. The van der Waals surface area contributed by atoms with Gasteiger partial charge in [0.15, 0.2) is 0 Å². The van der Waals surface area contributed by atoms with Crippen LogP contribution in [0, 0.1) is 12.8 Å². The Morgan fingerprint density at radius 2 is 1.95 bits per heavy atom. The fourth-order valence-electron chi connectivity index (χ4n) is 2.91. The monoisotopic (exact) mass is 296 g/mol. The van der Waals surface area contributed by atoms with Gasteiger partial charge < -0.3 is 5.32 Å². The quantitative estimate of drug-likeness (QED) is 0.877. The molecule has 2 rings (SSSR count). The minimum atomic E-state index is -3.64. The third-order valence-corrected chi connectivity index (χ3v) is 5.15. The number of primary sulfonamides is 1. The Balaban J connectivity index is 1.93. The van der Waals surface area contributed by atoms with Crippen molar-refractivity contribution in [2.45, 2.75) is 50.3 Å². The summed E-state index contributed by atoms with van der Waals surface area (Å²) in [6.07, 6.45) is 7.89. The first-order valence-corrected chi connectivity index (χ1v) is 8.89. The molecule has 4 nitrogen and oxygen atoms in total. The van der Waals surface area contributed by atoms with E-state index in [1.807, 2.05) is 6.07 Å². The van der Waals surface area contributed by atoms with Gasteiger partial charge in [-0.2, -0.15) is 0 Å². The summed E-state index contributed by atoms with van der Waals surface area (Å²) in [6, 6.07) is 5.33. The molecule has 0 unspecified atom stereocenters. The van der Waals surface area contributed by atoms with Gasteiger partial charge in [0, 0.05) is 12.2 Å². The van der Waals surface area contributed by atoms with Crippen molar-refractivity contribution in [3.05, 3.63) is 23.8 Å². The van der Waals surface area contributed by atoms with E-state index in [2.05, 4.69) is 5.32 Å². The van der Waals surface area contributed by atoms with Crippen LogP contribution in [0.15, 0.2) is 23.1 Å². The standard InChI is InChI=1S/C15H24N2O2S/c1-12-7-8-14(11-15(12)20(16,18)19)17-10-9-13-5-3-2-4-6-13/h7-8,11,13,17H,2-6,9-10H2,1H3,(H2,16,18,19).